The summed E-state index contributed by atoms with van der Waals surface area (Å²) in [6, 6.07) is 1.51. The van der Waals surface area contributed by atoms with Gasteiger partial charge in [-0.25, -0.2) is 4.98 Å². The lowest BCUT2D eigenvalue weighted by atomic mass is 10.2. The van der Waals surface area contributed by atoms with Gasteiger partial charge in [-0.2, -0.15) is 4.39 Å². The van der Waals surface area contributed by atoms with Crippen molar-refractivity contribution >= 4 is 21.9 Å². The Bertz CT molecular complexity index is 344. The van der Waals surface area contributed by atoms with Crippen LogP contribution in [0, 0.1) is 5.95 Å². The van der Waals surface area contributed by atoms with Crippen LogP contribution in [0.1, 0.15) is 12.5 Å². The van der Waals surface area contributed by atoms with E-state index in [-0.39, 0.29) is 12.0 Å². The summed E-state index contributed by atoms with van der Waals surface area (Å²) in [6.07, 6.45) is 1.25. The molecule has 0 aliphatic rings. The minimum absolute atomic E-state index is 0.0912. The van der Waals surface area contributed by atoms with E-state index in [1.165, 1.54) is 12.3 Å². The third kappa shape index (κ3) is 3.06. The van der Waals surface area contributed by atoms with Crippen molar-refractivity contribution in [1.82, 2.24) is 4.98 Å². The van der Waals surface area contributed by atoms with Crippen LogP contribution in [0.5, 0.6) is 0 Å². The highest BCUT2D eigenvalue weighted by molar-refractivity contribution is 9.10. The second-order valence-corrected chi connectivity index (χ2v) is 3.50. The molecule has 0 N–H and O–H groups in total. The molecule has 0 amide bonds. The Hall–Kier alpha value is -0.970. The Balaban J connectivity index is 2.75. The lowest BCUT2D eigenvalue weighted by molar-refractivity contribution is -0.142. The highest BCUT2D eigenvalue weighted by Gasteiger charge is 2.10. The molecule has 0 aliphatic carbocycles. The molecular weight excluding hydrogens is 253 g/mol. The first-order valence-electron chi connectivity index (χ1n) is 4.09. The minimum Gasteiger partial charge on any atom is -0.466 e. The monoisotopic (exact) mass is 261 g/mol. The highest BCUT2D eigenvalue weighted by atomic mass is 79.9. The first kappa shape index (κ1) is 11.1. The molecule has 1 aromatic heterocycles. The highest BCUT2D eigenvalue weighted by Crippen LogP contribution is 2.13. The van der Waals surface area contributed by atoms with Crippen LogP contribution in [0.2, 0.25) is 0 Å². The molecule has 0 aliphatic heterocycles. The third-order valence-electron chi connectivity index (χ3n) is 1.52. The second kappa shape index (κ2) is 5.05. The van der Waals surface area contributed by atoms with Gasteiger partial charge in [0, 0.05) is 16.2 Å². The molecule has 14 heavy (non-hydrogen) atoms. The summed E-state index contributed by atoms with van der Waals surface area (Å²) < 4.78 is 18.4. The maximum absolute atomic E-state index is 13.0. The van der Waals surface area contributed by atoms with E-state index in [2.05, 4.69) is 20.9 Å². The smallest absolute Gasteiger partial charge is 0.310 e. The van der Waals surface area contributed by atoms with Gasteiger partial charge in [0.25, 0.3) is 0 Å². The van der Waals surface area contributed by atoms with Crippen molar-refractivity contribution in [2.45, 2.75) is 13.3 Å². The van der Waals surface area contributed by atoms with Gasteiger partial charge in [-0.15, -0.1) is 0 Å². The maximum atomic E-state index is 13.0. The van der Waals surface area contributed by atoms with Crippen LogP contribution in [0.4, 0.5) is 4.39 Å². The molecule has 1 rings (SSSR count). The molecule has 76 valence electrons. The quantitative estimate of drug-likeness (QED) is 0.618. The second-order valence-electron chi connectivity index (χ2n) is 2.59. The summed E-state index contributed by atoms with van der Waals surface area (Å²) in [4.78, 5) is 14.5. The fraction of sp³-hybridized carbons (Fsp3) is 0.333. The molecule has 5 heteroatoms. The number of esters is 1. The van der Waals surface area contributed by atoms with Crippen molar-refractivity contribution in [2.24, 2.45) is 0 Å². The molecule has 1 aromatic rings. The van der Waals surface area contributed by atoms with E-state index in [0.717, 1.165) is 0 Å². The number of hydrogen-bond acceptors (Lipinski definition) is 3. The Morgan fingerprint density at radius 3 is 3.07 bits per heavy atom. The van der Waals surface area contributed by atoms with Gasteiger partial charge in [-0.3, -0.25) is 4.79 Å². The summed E-state index contributed by atoms with van der Waals surface area (Å²) >= 11 is 3.14. The van der Waals surface area contributed by atoms with Gasteiger partial charge in [0.15, 0.2) is 0 Å². The van der Waals surface area contributed by atoms with Crippen LogP contribution in [0.15, 0.2) is 16.7 Å². The molecule has 0 spiro atoms. The van der Waals surface area contributed by atoms with E-state index < -0.39 is 11.9 Å². The molecule has 1 heterocycles. The third-order valence-corrected chi connectivity index (χ3v) is 1.95. The van der Waals surface area contributed by atoms with Crippen LogP contribution in [-0.2, 0) is 16.0 Å². The predicted octanol–water partition coefficient (Wildman–Crippen LogP) is 2.09. The molecular formula is C9H9BrFNO2. The van der Waals surface area contributed by atoms with Gasteiger partial charge in [0.05, 0.1) is 13.0 Å². The normalized spacial score (nSPS) is 9.93. The van der Waals surface area contributed by atoms with E-state index in [1.54, 1.807) is 6.92 Å². The zero-order chi connectivity index (χ0) is 10.6. The van der Waals surface area contributed by atoms with Crippen molar-refractivity contribution in [3.8, 4) is 0 Å². The van der Waals surface area contributed by atoms with Crippen LogP contribution in [0.25, 0.3) is 0 Å². The summed E-state index contributed by atoms with van der Waals surface area (Å²) in [6.45, 7) is 2.00. The van der Waals surface area contributed by atoms with Crippen molar-refractivity contribution < 1.29 is 13.9 Å². The number of hydrogen-bond donors (Lipinski definition) is 0. The number of ether oxygens (including phenoxy) is 1. The Morgan fingerprint density at radius 2 is 2.43 bits per heavy atom. The number of halogens is 2. The standard InChI is InChI=1S/C9H9BrFNO2/c1-2-14-8(13)4-6-3-7(10)5-12-9(6)11/h3,5H,2,4H2,1H3. The van der Waals surface area contributed by atoms with Crippen molar-refractivity contribution in [3.05, 3.63) is 28.2 Å². The average Bonchev–Trinajstić information content (AvgIpc) is 2.12. The van der Waals surface area contributed by atoms with Crippen LogP contribution in [0.3, 0.4) is 0 Å². The molecule has 0 saturated heterocycles. The Labute approximate surface area is 89.4 Å². The summed E-state index contributed by atoms with van der Waals surface area (Å²) in [7, 11) is 0. The fourth-order valence-electron chi connectivity index (χ4n) is 0.956. The van der Waals surface area contributed by atoms with E-state index in [0.29, 0.717) is 11.1 Å². The largest absolute Gasteiger partial charge is 0.466 e. The average molecular weight is 262 g/mol. The van der Waals surface area contributed by atoms with Crippen molar-refractivity contribution in [1.29, 1.82) is 0 Å². The van der Waals surface area contributed by atoms with E-state index in [9.17, 15) is 9.18 Å². The topological polar surface area (TPSA) is 39.2 Å². The summed E-state index contributed by atoms with van der Waals surface area (Å²) in [5.74, 6) is -1.09. The van der Waals surface area contributed by atoms with Gasteiger partial charge in [-0.05, 0) is 28.9 Å². The molecule has 0 fully saturated rings. The molecule has 0 unspecified atom stereocenters. The summed E-state index contributed by atoms with van der Waals surface area (Å²) in [5, 5.41) is 0. The van der Waals surface area contributed by atoms with E-state index >= 15 is 0 Å². The number of rotatable bonds is 3. The van der Waals surface area contributed by atoms with Gasteiger partial charge >= 0.3 is 5.97 Å². The van der Waals surface area contributed by atoms with Crippen molar-refractivity contribution in [2.75, 3.05) is 6.61 Å². The molecule has 0 aromatic carbocycles. The lowest BCUT2D eigenvalue weighted by Gasteiger charge is -2.02. The maximum Gasteiger partial charge on any atom is 0.310 e. The lowest BCUT2D eigenvalue weighted by Crippen LogP contribution is -2.09. The molecule has 0 saturated carbocycles. The van der Waals surface area contributed by atoms with Crippen molar-refractivity contribution in [3.63, 3.8) is 0 Å². The van der Waals surface area contributed by atoms with Gasteiger partial charge in [-0.1, -0.05) is 0 Å². The number of aromatic nitrogens is 1. The number of pyridine rings is 1. The number of carbonyl (C=O) groups excluding carboxylic acids is 1. The fourth-order valence-corrected chi connectivity index (χ4v) is 1.33. The van der Waals surface area contributed by atoms with E-state index in [4.69, 9.17) is 4.74 Å². The minimum atomic E-state index is -0.638. The molecule has 3 nitrogen and oxygen atoms in total. The first-order chi connectivity index (χ1) is 6.63. The number of nitrogens with zero attached hydrogens (tertiary/aromatic N) is 1. The van der Waals surface area contributed by atoms with Gasteiger partial charge in [0.1, 0.15) is 0 Å². The predicted molar refractivity (Wildman–Crippen MR) is 52.2 cm³/mol. The van der Waals surface area contributed by atoms with Crippen LogP contribution >= 0.6 is 15.9 Å². The zero-order valence-electron chi connectivity index (χ0n) is 7.59. The van der Waals surface area contributed by atoms with Gasteiger partial charge in [0.2, 0.25) is 5.95 Å². The van der Waals surface area contributed by atoms with Crippen LogP contribution in [-0.4, -0.2) is 17.6 Å². The summed E-state index contributed by atoms with van der Waals surface area (Å²) in [5.41, 5.74) is 0.234. The molecule has 0 bridgehead atoms. The Kier molecular flexibility index (Phi) is 4.00. The SMILES string of the molecule is CCOC(=O)Cc1cc(Br)cnc1F. The molecule has 0 radical (unpaired) electrons. The van der Waals surface area contributed by atoms with Crippen LogP contribution < -0.4 is 0 Å². The zero-order valence-corrected chi connectivity index (χ0v) is 9.17. The van der Waals surface area contributed by atoms with Gasteiger partial charge < -0.3 is 4.74 Å². The first-order valence-corrected chi connectivity index (χ1v) is 4.88. The Morgan fingerprint density at radius 1 is 1.71 bits per heavy atom. The van der Waals surface area contributed by atoms with E-state index in [1.807, 2.05) is 0 Å². The molecule has 0 atom stereocenters. The number of carbonyl (C=O) groups is 1.